The summed E-state index contributed by atoms with van der Waals surface area (Å²) < 4.78 is 5.33. The van der Waals surface area contributed by atoms with E-state index in [0.29, 0.717) is 6.04 Å². The Morgan fingerprint density at radius 2 is 1.93 bits per heavy atom. The largest absolute Gasteiger partial charge is 0.497 e. The van der Waals surface area contributed by atoms with Gasteiger partial charge >= 0.3 is 0 Å². The lowest BCUT2D eigenvalue weighted by molar-refractivity contribution is 0.164. The van der Waals surface area contributed by atoms with E-state index in [0.717, 1.165) is 44.3 Å². The van der Waals surface area contributed by atoms with Crippen LogP contribution in [0.25, 0.3) is 0 Å². The molecular formula is C23H33N5O. The molecule has 29 heavy (non-hydrogen) atoms. The van der Waals surface area contributed by atoms with Gasteiger partial charge in [-0.05, 0) is 61.7 Å². The maximum Gasteiger partial charge on any atom is 0.191 e. The predicted octanol–water partition coefficient (Wildman–Crippen LogP) is 3.02. The maximum absolute atomic E-state index is 5.33. The lowest BCUT2D eigenvalue weighted by Gasteiger charge is -2.35. The maximum atomic E-state index is 5.33. The Balaban J connectivity index is 1.58. The molecule has 3 rings (SSSR count). The summed E-state index contributed by atoms with van der Waals surface area (Å²) in [6.45, 7) is 3.93. The van der Waals surface area contributed by atoms with Gasteiger partial charge in [-0.2, -0.15) is 0 Å². The summed E-state index contributed by atoms with van der Waals surface area (Å²) in [4.78, 5) is 11.2. The Labute approximate surface area is 174 Å². The number of nitrogens with zero attached hydrogens (tertiary/aromatic N) is 3. The zero-order chi connectivity index (χ0) is 20.3. The minimum absolute atomic E-state index is 0.318. The van der Waals surface area contributed by atoms with Crippen molar-refractivity contribution >= 4 is 5.96 Å². The van der Waals surface area contributed by atoms with E-state index in [4.69, 9.17) is 4.74 Å². The second-order valence-electron chi connectivity index (χ2n) is 7.38. The van der Waals surface area contributed by atoms with Gasteiger partial charge in [0.15, 0.2) is 5.96 Å². The van der Waals surface area contributed by atoms with E-state index in [1.807, 2.05) is 31.4 Å². The number of methoxy groups -OCH3 is 1. The van der Waals surface area contributed by atoms with Crippen molar-refractivity contribution in [3.63, 3.8) is 0 Å². The predicted molar refractivity (Wildman–Crippen MR) is 118 cm³/mol. The van der Waals surface area contributed by atoms with Crippen LogP contribution in [0, 0.1) is 0 Å². The van der Waals surface area contributed by atoms with Crippen LogP contribution in [0.15, 0.2) is 53.8 Å². The first-order valence-corrected chi connectivity index (χ1v) is 10.5. The van der Waals surface area contributed by atoms with Crippen molar-refractivity contribution in [1.82, 2.24) is 20.5 Å². The van der Waals surface area contributed by atoms with E-state index in [-0.39, 0.29) is 0 Å². The molecule has 0 bridgehead atoms. The molecule has 2 aromatic rings. The van der Waals surface area contributed by atoms with Gasteiger partial charge in [-0.15, -0.1) is 0 Å². The summed E-state index contributed by atoms with van der Waals surface area (Å²) >= 11 is 0. The zero-order valence-corrected chi connectivity index (χ0v) is 17.6. The van der Waals surface area contributed by atoms with Crippen LogP contribution in [0.3, 0.4) is 0 Å². The molecule has 2 heterocycles. The van der Waals surface area contributed by atoms with E-state index in [2.05, 4.69) is 43.7 Å². The zero-order valence-electron chi connectivity index (χ0n) is 17.6. The van der Waals surface area contributed by atoms with Gasteiger partial charge in [-0.3, -0.25) is 14.9 Å². The molecule has 0 aliphatic carbocycles. The molecule has 1 aliphatic heterocycles. The van der Waals surface area contributed by atoms with Crippen molar-refractivity contribution < 1.29 is 4.74 Å². The van der Waals surface area contributed by atoms with Crippen molar-refractivity contribution in [3.8, 4) is 5.75 Å². The number of piperidine rings is 1. The molecule has 1 unspecified atom stereocenters. The van der Waals surface area contributed by atoms with Crippen LogP contribution in [-0.2, 0) is 6.42 Å². The van der Waals surface area contributed by atoms with Crippen LogP contribution in [-0.4, -0.2) is 56.2 Å². The molecule has 1 aliphatic rings. The first kappa shape index (κ1) is 21.1. The fraction of sp³-hybridized carbons (Fsp3) is 0.478. The summed E-state index contributed by atoms with van der Waals surface area (Å²) in [5.74, 6) is 1.73. The third kappa shape index (κ3) is 6.46. The lowest BCUT2D eigenvalue weighted by atomic mass is 10.0. The van der Waals surface area contributed by atoms with Gasteiger partial charge < -0.3 is 15.4 Å². The number of rotatable bonds is 8. The Morgan fingerprint density at radius 3 is 2.59 bits per heavy atom. The number of pyridine rings is 1. The standard InChI is InChI=1S/C23H33N5O/c1-24-23(26-14-12-19-7-6-13-25-17-19)27-18-22(28-15-4-3-5-16-28)20-8-10-21(29-2)11-9-20/h6-11,13,17,22H,3-5,12,14-16,18H2,1-2H3,(H2,24,26,27). The number of hydrogen-bond acceptors (Lipinski definition) is 4. The van der Waals surface area contributed by atoms with Crippen LogP contribution < -0.4 is 15.4 Å². The highest BCUT2D eigenvalue weighted by Gasteiger charge is 2.22. The lowest BCUT2D eigenvalue weighted by Crippen LogP contribution is -2.44. The van der Waals surface area contributed by atoms with Gasteiger partial charge in [0.05, 0.1) is 13.2 Å². The number of ether oxygens (including phenoxy) is 1. The third-order valence-corrected chi connectivity index (χ3v) is 5.45. The summed E-state index contributed by atoms with van der Waals surface area (Å²) in [7, 11) is 3.53. The van der Waals surface area contributed by atoms with E-state index in [1.54, 1.807) is 13.3 Å². The number of nitrogens with one attached hydrogen (secondary N) is 2. The Morgan fingerprint density at radius 1 is 1.14 bits per heavy atom. The molecule has 0 amide bonds. The van der Waals surface area contributed by atoms with Crippen LogP contribution in [0.5, 0.6) is 5.75 Å². The quantitative estimate of drug-likeness (QED) is 0.531. The molecule has 1 atom stereocenters. The average Bonchev–Trinajstić information content (AvgIpc) is 2.80. The number of benzene rings is 1. The van der Waals surface area contributed by atoms with E-state index < -0.39 is 0 Å². The van der Waals surface area contributed by atoms with Crippen molar-refractivity contribution in [3.05, 3.63) is 59.9 Å². The molecule has 6 nitrogen and oxygen atoms in total. The molecule has 1 saturated heterocycles. The van der Waals surface area contributed by atoms with E-state index >= 15 is 0 Å². The Hall–Kier alpha value is -2.60. The minimum Gasteiger partial charge on any atom is -0.497 e. The normalized spacial score (nSPS) is 16.3. The van der Waals surface area contributed by atoms with Gasteiger partial charge in [0.25, 0.3) is 0 Å². The number of guanidine groups is 1. The van der Waals surface area contributed by atoms with Crippen molar-refractivity contribution in [1.29, 1.82) is 0 Å². The highest BCUT2D eigenvalue weighted by molar-refractivity contribution is 5.79. The molecule has 1 aromatic carbocycles. The Bertz CT molecular complexity index is 742. The molecule has 6 heteroatoms. The number of likely N-dealkylation sites (tertiary alicyclic amines) is 1. The van der Waals surface area contributed by atoms with Crippen LogP contribution in [0.4, 0.5) is 0 Å². The number of aromatic nitrogens is 1. The number of aliphatic imine (C=N–C) groups is 1. The molecule has 1 fully saturated rings. The smallest absolute Gasteiger partial charge is 0.191 e. The van der Waals surface area contributed by atoms with Crippen LogP contribution in [0.1, 0.15) is 36.4 Å². The van der Waals surface area contributed by atoms with Crippen molar-refractivity contribution in [2.75, 3.05) is 40.3 Å². The molecular weight excluding hydrogens is 362 g/mol. The van der Waals surface area contributed by atoms with Crippen LogP contribution in [0.2, 0.25) is 0 Å². The van der Waals surface area contributed by atoms with Gasteiger partial charge in [-0.25, -0.2) is 0 Å². The highest BCUT2D eigenvalue weighted by Crippen LogP contribution is 2.25. The first-order valence-electron chi connectivity index (χ1n) is 10.5. The molecule has 1 aromatic heterocycles. The van der Waals surface area contributed by atoms with E-state index in [1.165, 1.54) is 30.4 Å². The number of hydrogen-bond donors (Lipinski definition) is 2. The van der Waals surface area contributed by atoms with Crippen molar-refractivity contribution in [2.24, 2.45) is 4.99 Å². The van der Waals surface area contributed by atoms with Gasteiger partial charge in [0, 0.05) is 32.5 Å². The second kappa shape index (κ2) is 11.4. The van der Waals surface area contributed by atoms with E-state index in [9.17, 15) is 0 Å². The molecule has 0 radical (unpaired) electrons. The van der Waals surface area contributed by atoms with Gasteiger partial charge in [0.2, 0.25) is 0 Å². The Kier molecular flexibility index (Phi) is 8.31. The fourth-order valence-electron chi connectivity index (χ4n) is 3.80. The summed E-state index contributed by atoms with van der Waals surface area (Å²) in [5, 5.41) is 6.95. The SMILES string of the molecule is CN=C(NCCc1cccnc1)NCC(c1ccc(OC)cc1)N1CCCCC1. The van der Waals surface area contributed by atoms with Gasteiger partial charge in [0.1, 0.15) is 5.75 Å². The first-order chi connectivity index (χ1) is 14.3. The molecule has 156 valence electrons. The summed E-state index contributed by atoms with van der Waals surface area (Å²) in [6.07, 6.45) is 8.50. The van der Waals surface area contributed by atoms with Crippen LogP contribution >= 0.6 is 0 Å². The molecule has 0 saturated carbocycles. The monoisotopic (exact) mass is 395 g/mol. The minimum atomic E-state index is 0.318. The fourth-order valence-corrected chi connectivity index (χ4v) is 3.80. The highest BCUT2D eigenvalue weighted by atomic mass is 16.5. The molecule has 0 spiro atoms. The third-order valence-electron chi connectivity index (χ3n) is 5.45. The van der Waals surface area contributed by atoms with Crippen molar-refractivity contribution in [2.45, 2.75) is 31.7 Å². The van der Waals surface area contributed by atoms with Gasteiger partial charge in [-0.1, -0.05) is 24.6 Å². The second-order valence-corrected chi connectivity index (χ2v) is 7.38. The molecule has 2 N–H and O–H groups in total. The topological polar surface area (TPSA) is 61.8 Å². The summed E-state index contributed by atoms with van der Waals surface area (Å²) in [5.41, 5.74) is 2.53. The average molecular weight is 396 g/mol. The summed E-state index contributed by atoms with van der Waals surface area (Å²) in [6, 6.07) is 12.8.